The molecule has 4 heteroatoms. The molecule has 0 aliphatic carbocycles. The SMILES string of the molecule is O=C(O)Cc1ccccc1.S.[NaH]. The van der Waals surface area contributed by atoms with Gasteiger partial charge in [0.1, 0.15) is 0 Å². The van der Waals surface area contributed by atoms with Crippen molar-refractivity contribution in [3.63, 3.8) is 0 Å². The molecule has 0 saturated heterocycles. The first-order chi connectivity index (χ1) is 4.79. The number of carboxylic acids is 1. The molecule has 1 N–H and O–H groups in total. The van der Waals surface area contributed by atoms with Gasteiger partial charge in [-0.2, -0.15) is 13.5 Å². The number of hydrogen-bond donors (Lipinski definition) is 1. The molecule has 1 aromatic rings. The summed E-state index contributed by atoms with van der Waals surface area (Å²) in [4.78, 5) is 10.2. The Morgan fingerprint density at radius 3 is 2.17 bits per heavy atom. The van der Waals surface area contributed by atoms with E-state index in [0.29, 0.717) is 0 Å². The van der Waals surface area contributed by atoms with Gasteiger partial charge in [0.15, 0.2) is 0 Å². The summed E-state index contributed by atoms with van der Waals surface area (Å²) in [6.07, 6.45) is 0.112. The fraction of sp³-hybridized carbons (Fsp3) is 0.125. The van der Waals surface area contributed by atoms with Crippen molar-refractivity contribution in [3.8, 4) is 0 Å². The van der Waals surface area contributed by atoms with E-state index < -0.39 is 5.97 Å². The first-order valence-electron chi connectivity index (χ1n) is 3.05. The van der Waals surface area contributed by atoms with E-state index in [2.05, 4.69) is 0 Å². The molecule has 0 amide bonds. The summed E-state index contributed by atoms with van der Waals surface area (Å²) in [5.41, 5.74) is 0.843. The number of rotatable bonds is 2. The van der Waals surface area contributed by atoms with Crippen LogP contribution in [0.15, 0.2) is 30.3 Å². The van der Waals surface area contributed by atoms with Gasteiger partial charge in [0.25, 0.3) is 0 Å². The van der Waals surface area contributed by atoms with Gasteiger partial charge in [0, 0.05) is 0 Å². The summed E-state index contributed by atoms with van der Waals surface area (Å²) in [5, 5.41) is 8.37. The van der Waals surface area contributed by atoms with Crippen molar-refractivity contribution in [3.05, 3.63) is 35.9 Å². The first-order valence-corrected chi connectivity index (χ1v) is 3.05. The Balaban J connectivity index is 0. The van der Waals surface area contributed by atoms with Crippen LogP contribution in [0.1, 0.15) is 5.56 Å². The Bertz CT molecular complexity index is 226. The molecular formula is C8H11NaO2S. The van der Waals surface area contributed by atoms with Gasteiger partial charge in [0.05, 0.1) is 6.42 Å². The van der Waals surface area contributed by atoms with Crippen molar-refractivity contribution >= 4 is 49.0 Å². The van der Waals surface area contributed by atoms with Crippen molar-refractivity contribution in [1.82, 2.24) is 0 Å². The number of aliphatic carboxylic acids is 1. The van der Waals surface area contributed by atoms with Crippen molar-refractivity contribution in [2.45, 2.75) is 6.42 Å². The van der Waals surface area contributed by atoms with E-state index in [4.69, 9.17) is 5.11 Å². The van der Waals surface area contributed by atoms with Crippen LogP contribution in [0.3, 0.4) is 0 Å². The van der Waals surface area contributed by atoms with Gasteiger partial charge < -0.3 is 5.11 Å². The van der Waals surface area contributed by atoms with Crippen LogP contribution in [-0.4, -0.2) is 40.6 Å². The van der Waals surface area contributed by atoms with Gasteiger partial charge in [-0.15, -0.1) is 0 Å². The van der Waals surface area contributed by atoms with E-state index in [0.717, 1.165) is 5.56 Å². The normalized spacial score (nSPS) is 7.67. The molecule has 0 aromatic heterocycles. The maximum absolute atomic E-state index is 10.2. The van der Waals surface area contributed by atoms with E-state index in [-0.39, 0.29) is 49.5 Å². The molecule has 1 aromatic carbocycles. The minimum atomic E-state index is -0.786. The molecule has 0 saturated carbocycles. The molecule has 0 spiro atoms. The van der Waals surface area contributed by atoms with Gasteiger partial charge in [-0.3, -0.25) is 4.79 Å². The van der Waals surface area contributed by atoms with Crippen LogP contribution in [-0.2, 0) is 11.2 Å². The van der Waals surface area contributed by atoms with Crippen molar-refractivity contribution in [2.24, 2.45) is 0 Å². The number of benzene rings is 1. The number of carbonyl (C=O) groups is 1. The van der Waals surface area contributed by atoms with Crippen molar-refractivity contribution < 1.29 is 9.90 Å². The zero-order valence-corrected chi connectivity index (χ0v) is 6.95. The second-order valence-corrected chi connectivity index (χ2v) is 2.06. The first kappa shape index (κ1) is 14.6. The second kappa shape index (κ2) is 7.68. The predicted octanol–water partition coefficient (Wildman–Crippen LogP) is 0.778. The molecule has 62 valence electrons. The van der Waals surface area contributed by atoms with Crippen molar-refractivity contribution in [1.29, 1.82) is 0 Å². The third-order valence-electron chi connectivity index (χ3n) is 1.20. The van der Waals surface area contributed by atoms with Crippen LogP contribution in [0, 0.1) is 0 Å². The zero-order valence-electron chi connectivity index (χ0n) is 5.95. The van der Waals surface area contributed by atoms with Gasteiger partial charge in [-0.05, 0) is 5.56 Å². The number of carboxylic acid groups (broad SMARTS) is 1. The molecule has 12 heavy (non-hydrogen) atoms. The Labute approximate surface area is 101 Å². The molecule has 0 heterocycles. The predicted molar refractivity (Wildman–Crippen MR) is 55.3 cm³/mol. The fourth-order valence-electron chi connectivity index (χ4n) is 0.770. The van der Waals surface area contributed by atoms with E-state index in [1.165, 1.54) is 0 Å². The molecule has 0 bridgehead atoms. The molecule has 0 unspecified atom stereocenters. The number of hydrogen-bond acceptors (Lipinski definition) is 1. The van der Waals surface area contributed by atoms with Gasteiger partial charge in [0.2, 0.25) is 0 Å². The Kier molecular flexibility index (Phi) is 9.31. The monoisotopic (exact) mass is 194 g/mol. The van der Waals surface area contributed by atoms with Crippen LogP contribution in [0.2, 0.25) is 0 Å². The fourth-order valence-corrected chi connectivity index (χ4v) is 0.770. The van der Waals surface area contributed by atoms with Crippen LogP contribution in [0.4, 0.5) is 0 Å². The molecule has 0 fully saturated rings. The molecule has 1 rings (SSSR count). The van der Waals surface area contributed by atoms with Crippen molar-refractivity contribution in [2.75, 3.05) is 0 Å². The minimum absolute atomic E-state index is 0. The summed E-state index contributed by atoms with van der Waals surface area (Å²) in [6.45, 7) is 0. The van der Waals surface area contributed by atoms with Crippen LogP contribution < -0.4 is 0 Å². The van der Waals surface area contributed by atoms with Crippen LogP contribution in [0.5, 0.6) is 0 Å². The quantitative estimate of drug-likeness (QED) is 0.706. The summed E-state index contributed by atoms with van der Waals surface area (Å²) >= 11 is 0. The second-order valence-electron chi connectivity index (χ2n) is 2.06. The molecule has 0 aliphatic rings. The Morgan fingerprint density at radius 2 is 1.75 bits per heavy atom. The van der Waals surface area contributed by atoms with E-state index in [1.807, 2.05) is 18.2 Å². The molecule has 0 radical (unpaired) electrons. The third-order valence-corrected chi connectivity index (χ3v) is 1.20. The summed E-state index contributed by atoms with van der Waals surface area (Å²) < 4.78 is 0. The topological polar surface area (TPSA) is 37.3 Å². The van der Waals surface area contributed by atoms with Crippen LogP contribution in [0.25, 0.3) is 0 Å². The summed E-state index contributed by atoms with van der Waals surface area (Å²) in [6, 6.07) is 9.13. The van der Waals surface area contributed by atoms with E-state index >= 15 is 0 Å². The summed E-state index contributed by atoms with van der Waals surface area (Å²) in [5.74, 6) is -0.786. The van der Waals surface area contributed by atoms with Crippen LogP contribution >= 0.6 is 13.5 Å². The van der Waals surface area contributed by atoms with E-state index in [1.54, 1.807) is 12.1 Å². The van der Waals surface area contributed by atoms with Gasteiger partial charge in [-0.25, -0.2) is 0 Å². The van der Waals surface area contributed by atoms with E-state index in [9.17, 15) is 4.79 Å². The molecule has 0 aliphatic heterocycles. The zero-order chi connectivity index (χ0) is 7.40. The summed E-state index contributed by atoms with van der Waals surface area (Å²) in [7, 11) is 0. The third kappa shape index (κ3) is 5.66. The standard InChI is InChI=1S/C8H8O2.Na.H2S.H/c9-8(10)6-7-4-2-1-3-5-7;;;/h1-5H,6H2,(H,9,10);;1H2;. The molecule has 2 nitrogen and oxygen atoms in total. The average molecular weight is 194 g/mol. The molecule has 0 atom stereocenters. The maximum atomic E-state index is 10.2. The Morgan fingerprint density at radius 1 is 1.25 bits per heavy atom. The van der Waals surface area contributed by atoms with Gasteiger partial charge >= 0.3 is 35.5 Å². The Hall–Kier alpha value is 0.0400. The molecular weight excluding hydrogens is 183 g/mol. The average Bonchev–Trinajstić information content (AvgIpc) is 1.88. The van der Waals surface area contributed by atoms with Gasteiger partial charge in [-0.1, -0.05) is 30.3 Å².